The van der Waals surface area contributed by atoms with Crippen molar-refractivity contribution in [1.29, 1.82) is 0 Å². The minimum Gasteiger partial charge on any atom is -0.493 e. The second-order valence-corrected chi connectivity index (χ2v) is 6.57. The monoisotopic (exact) mass is 401 g/mol. The Balaban J connectivity index is 1.65. The highest BCUT2D eigenvalue weighted by atomic mass is 16.7. The number of hydrogen-bond acceptors (Lipinski definition) is 6. The first-order valence-corrected chi connectivity index (χ1v) is 9.20. The number of aliphatic carboxylic acids is 1. The lowest BCUT2D eigenvalue weighted by Crippen LogP contribution is -2.37. The number of alkyl carbamates (subject to hydrolysis) is 1. The lowest BCUT2D eigenvalue weighted by atomic mass is 10.0. The average Bonchev–Trinajstić information content (AvgIpc) is 3.19. The Kier molecular flexibility index (Phi) is 6.78. The van der Waals surface area contributed by atoms with E-state index >= 15 is 0 Å². The maximum atomic E-state index is 12.2. The highest BCUT2D eigenvalue weighted by molar-refractivity contribution is 5.69. The molecular formula is C21H23NO7. The number of carbonyl (C=O) groups is 2. The molecule has 1 aliphatic heterocycles. The molecule has 8 heteroatoms. The highest BCUT2D eigenvalue weighted by Gasteiger charge is 2.22. The summed E-state index contributed by atoms with van der Waals surface area (Å²) in [6.45, 7) is 0.248. The van der Waals surface area contributed by atoms with Crippen LogP contribution >= 0.6 is 0 Å². The van der Waals surface area contributed by atoms with Gasteiger partial charge in [0, 0.05) is 12.5 Å². The fourth-order valence-electron chi connectivity index (χ4n) is 3.04. The predicted molar refractivity (Wildman–Crippen MR) is 103 cm³/mol. The maximum absolute atomic E-state index is 12.2. The Morgan fingerprint density at radius 1 is 1.17 bits per heavy atom. The van der Waals surface area contributed by atoms with Crippen molar-refractivity contribution in [2.75, 3.05) is 13.9 Å². The third-order valence-corrected chi connectivity index (χ3v) is 4.44. The number of amides is 1. The van der Waals surface area contributed by atoms with Gasteiger partial charge in [0.25, 0.3) is 0 Å². The summed E-state index contributed by atoms with van der Waals surface area (Å²) in [5.74, 6) is 0.688. The van der Waals surface area contributed by atoms with Gasteiger partial charge in [0.15, 0.2) is 11.5 Å². The molecule has 154 valence electrons. The fourth-order valence-corrected chi connectivity index (χ4v) is 3.04. The normalized spacial score (nSPS) is 12.9. The number of nitrogens with one attached hydrogen (secondary N) is 1. The van der Waals surface area contributed by atoms with Crippen molar-refractivity contribution in [3.8, 4) is 17.2 Å². The smallest absolute Gasteiger partial charge is 0.407 e. The molecule has 0 fully saturated rings. The van der Waals surface area contributed by atoms with Crippen molar-refractivity contribution in [1.82, 2.24) is 5.32 Å². The van der Waals surface area contributed by atoms with Crippen LogP contribution in [-0.4, -0.2) is 37.1 Å². The molecule has 29 heavy (non-hydrogen) atoms. The zero-order valence-corrected chi connectivity index (χ0v) is 16.1. The Morgan fingerprint density at radius 2 is 1.97 bits per heavy atom. The van der Waals surface area contributed by atoms with E-state index < -0.39 is 18.1 Å². The van der Waals surface area contributed by atoms with E-state index in [0.717, 1.165) is 11.1 Å². The van der Waals surface area contributed by atoms with E-state index in [-0.39, 0.29) is 26.2 Å². The lowest BCUT2D eigenvalue weighted by molar-refractivity contribution is -0.137. The quantitative estimate of drug-likeness (QED) is 0.665. The van der Waals surface area contributed by atoms with E-state index in [1.54, 1.807) is 12.1 Å². The second-order valence-electron chi connectivity index (χ2n) is 6.57. The number of carboxylic acid groups (broad SMARTS) is 1. The SMILES string of the molecule is COc1cc(CC(CCC(=O)O)NC(=O)OCc2ccccc2)cc2c1OCO2. The molecule has 0 spiro atoms. The van der Waals surface area contributed by atoms with Crippen LogP contribution in [0.25, 0.3) is 0 Å². The fraction of sp³-hybridized carbons (Fsp3) is 0.333. The number of hydrogen-bond donors (Lipinski definition) is 2. The first-order valence-electron chi connectivity index (χ1n) is 9.20. The van der Waals surface area contributed by atoms with E-state index in [9.17, 15) is 9.59 Å². The number of fused-ring (bicyclic) bond motifs is 1. The third-order valence-electron chi connectivity index (χ3n) is 4.44. The minimum atomic E-state index is -0.933. The Hall–Kier alpha value is -3.42. The summed E-state index contributed by atoms with van der Waals surface area (Å²) in [6.07, 6.45) is -0.0320. The molecule has 3 rings (SSSR count). The Morgan fingerprint density at radius 3 is 2.69 bits per heavy atom. The molecule has 1 atom stereocenters. The van der Waals surface area contributed by atoms with Crippen LogP contribution in [0.15, 0.2) is 42.5 Å². The summed E-state index contributed by atoms with van der Waals surface area (Å²) in [5, 5.41) is 11.8. The van der Waals surface area contributed by atoms with Crippen molar-refractivity contribution in [2.24, 2.45) is 0 Å². The molecule has 1 aliphatic rings. The van der Waals surface area contributed by atoms with Crippen molar-refractivity contribution in [2.45, 2.75) is 31.9 Å². The van der Waals surface area contributed by atoms with E-state index in [4.69, 9.17) is 24.1 Å². The van der Waals surface area contributed by atoms with Crippen molar-refractivity contribution in [3.63, 3.8) is 0 Å². The van der Waals surface area contributed by atoms with Crippen LogP contribution in [0.1, 0.15) is 24.0 Å². The predicted octanol–water partition coefficient (Wildman–Crippen LogP) is 3.13. The van der Waals surface area contributed by atoms with Gasteiger partial charge in [0.1, 0.15) is 6.61 Å². The third kappa shape index (κ3) is 5.78. The molecule has 1 unspecified atom stereocenters. The standard InChI is InChI=1S/C21H23NO7/c1-26-17-10-15(11-18-20(17)29-13-28-18)9-16(7-8-19(23)24)22-21(25)27-12-14-5-3-2-4-6-14/h2-6,10-11,16H,7-9,12-13H2,1H3,(H,22,25)(H,23,24). The van der Waals surface area contributed by atoms with Gasteiger partial charge in [-0.2, -0.15) is 0 Å². The zero-order chi connectivity index (χ0) is 20.6. The van der Waals surface area contributed by atoms with Crippen molar-refractivity contribution < 1.29 is 33.6 Å². The minimum absolute atomic E-state index is 0.0781. The molecule has 0 saturated carbocycles. The van der Waals surface area contributed by atoms with Crippen molar-refractivity contribution >= 4 is 12.1 Å². The van der Waals surface area contributed by atoms with Crippen LogP contribution in [0.3, 0.4) is 0 Å². The van der Waals surface area contributed by atoms with Crippen molar-refractivity contribution in [3.05, 3.63) is 53.6 Å². The van der Waals surface area contributed by atoms with Crippen LogP contribution in [-0.2, 0) is 22.6 Å². The van der Waals surface area contributed by atoms with Gasteiger partial charge in [-0.15, -0.1) is 0 Å². The molecule has 0 aliphatic carbocycles. The molecule has 2 N–H and O–H groups in total. The molecular weight excluding hydrogens is 378 g/mol. The van der Waals surface area contributed by atoms with Gasteiger partial charge in [-0.3, -0.25) is 4.79 Å². The zero-order valence-electron chi connectivity index (χ0n) is 16.1. The van der Waals surface area contributed by atoms with E-state index in [1.165, 1.54) is 7.11 Å². The highest BCUT2D eigenvalue weighted by Crippen LogP contribution is 2.42. The van der Waals surface area contributed by atoms with Gasteiger partial charge < -0.3 is 29.4 Å². The molecule has 8 nitrogen and oxygen atoms in total. The Labute approximate surface area is 168 Å². The number of methoxy groups -OCH3 is 1. The van der Waals surface area contributed by atoms with Crippen LogP contribution in [0.2, 0.25) is 0 Å². The largest absolute Gasteiger partial charge is 0.493 e. The second kappa shape index (κ2) is 9.68. The summed E-state index contributed by atoms with van der Waals surface area (Å²) in [4.78, 5) is 23.2. The molecule has 0 radical (unpaired) electrons. The Bertz CT molecular complexity index is 854. The number of benzene rings is 2. The summed E-state index contributed by atoms with van der Waals surface area (Å²) in [6, 6.07) is 12.5. The van der Waals surface area contributed by atoms with Gasteiger partial charge in [0.05, 0.1) is 7.11 Å². The van der Waals surface area contributed by atoms with Crippen LogP contribution < -0.4 is 19.5 Å². The van der Waals surface area contributed by atoms with Crippen LogP contribution in [0, 0.1) is 0 Å². The maximum Gasteiger partial charge on any atom is 0.407 e. The summed E-state index contributed by atoms with van der Waals surface area (Å²) in [7, 11) is 1.53. The number of ether oxygens (including phenoxy) is 4. The number of rotatable bonds is 9. The average molecular weight is 401 g/mol. The van der Waals surface area contributed by atoms with E-state index in [1.807, 2.05) is 30.3 Å². The molecule has 2 aromatic rings. The van der Waals surface area contributed by atoms with Gasteiger partial charge in [-0.25, -0.2) is 4.79 Å². The first kappa shape index (κ1) is 20.3. The van der Waals surface area contributed by atoms with Crippen LogP contribution in [0.4, 0.5) is 4.79 Å². The summed E-state index contributed by atoms with van der Waals surface area (Å²) in [5.41, 5.74) is 1.69. The van der Waals surface area contributed by atoms with Gasteiger partial charge >= 0.3 is 12.1 Å². The van der Waals surface area contributed by atoms with E-state index in [2.05, 4.69) is 5.32 Å². The first-order chi connectivity index (χ1) is 14.0. The topological polar surface area (TPSA) is 103 Å². The van der Waals surface area contributed by atoms with Crippen LogP contribution in [0.5, 0.6) is 17.2 Å². The molecule has 0 saturated heterocycles. The summed E-state index contributed by atoms with van der Waals surface area (Å²) >= 11 is 0. The molecule has 2 aromatic carbocycles. The van der Waals surface area contributed by atoms with Gasteiger partial charge in [0.2, 0.25) is 12.5 Å². The van der Waals surface area contributed by atoms with E-state index in [0.29, 0.717) is 23.7 Å². The van der Waals surface area contributed by atoms with Gasteiger partial charge in [-0.05, 0) is 36.1 Å². The lowest BCUT2D eigenvalue weighted by Gasteiger charge is -2.19. The number of carboxylic acids is 1. The van der Waals surface area contributed by atoms with Gasteiger partial charge in [-0.1, -0.05) is 30.3 Å². The molecule has 1 heterocycles. The molecule has 0 bridgehead atoms. The number of carbonyl (C=O) groups excluding carboxylic acids is 1. The molecule has 0 aromatic heterocycles. The molecule has 1 amide bonds. The summed E-state index contributed by atoms with van der Waals surface area (Å²) < 4.78 is 21.4.